The van der Waals surface area contributed by atoms with Gasteiger partial charge in [0.05, 0.1) is 0 Å². The number of anilines is 2. The predicted molar refractivity (Wildman–Crippen MR) is 93.1 cm³/mol. The zero-order valence-corrected chi connectivity index (χ0v) is 14.7. The number of nitrogens with zero attached hydrogens (tertiary/aromatic N) is 6. The number of pyridine rings is 1. The SMILES string of the molecule is CN(C)c1cc(N2CCN(Cc3ccc(C(F)(F)F)nc3)CC2)ncn1. The van der Waals surface area contributed by atoms with Gasteiger partial charge in [0.1, 0.15) is 23.7 Å². The first-order chi connectivity index (χ1) is 12.3. The first-order valence-corrected chi connectivity index (χ1v) is 8.32. The van der Waals surface area contributed by atoms with E-state index in [4.69, 9.17) is 0 Å². The van der Waals surface area contributed by atoms with Crippen LogP contribution in [0.25, 0.3) is 0 Å². The van der Waals surface area contributed by atoms with E-state index in [1.165, 1.54) is 12.3 Å². The molecule has 26 heavy (non-hydrogen) atoms. The third kappa shape index (κ3) is 4.40. The Morgan fingerprint density at radius 3 is 2.35 bits per heavy atom. The van der Waals surface area contributed by atoms with Crippen LogP contribution < -0.4 is 9.80 Å². The van der Waals surface area contributed by atoms with Gasteiger partial charge in [-0.2, -0.15) is 13.2 Å². The van der Waals surface area contributed by atoms with Crippen molar-refractivity contribution >= 4 is 11.6 Å². The van der Waals surface area contributed by atoms with Crippen LogP contribution in [0.1, 0.15) is 11.3 Å². The quantitative estimate of drug-likeness (QED) is 0.828. The lowest BCUT2D eigenvalue weighted by Crippen LogP contribution is -2.46. The van der Waals surface area contributed by atoms with E-state index in [2.05, 4.69) is 24.8 Å². The number of hydrogen-bond donors (Lipinski definition) is 0. The van der Waals surface area contributed by atoms with Crippen LogP contribution in [0.3, 0.4) is 0 Å². The summed E-state index contributed by atoms with van der Waals surface area (Å²) in [7, 11) is 3.87. The molecule has 9 heteroatoms. The minimum Gasteiger partial charge on any atom is -0.363 e. The number of hydrogen-bond acceptors (Lipinski definition) is 6. The first-order valence-electron chi connectivity index (χ1n) is 8.32. The highest BCUT2D eigenvalue weighted by Gasteiger charge is 2.32. The number of alkyl halides is 3. The van der Waals surface area contributed by atoms with Crippen molar-refractivity contribution in [3.05, 3.63) is 42.0 Å². The molecule has 3 rings (SSSR count). The van der Waals surface area contributed by atoms with Crippen LogP contribution in [0.2, 0.25) is 0 Å². The third-order valence-corrected chi connectivity index (χ3v) is 4.31. The third-order valence-electron chi connectivity index (χ3n) is 4.31. The summed E-state index contributed by atoms with van der Waals surface area (Å²) in [6.07, 6.45) is -1.53. The molecule has 1 aliphatic heterocycles. The van der Waals surface area contributed by atoms with Gasteiger partial charge in [-0.15, -0.1) is 0 Å². The Morgan fingerprint density at radius 1 is 1.04 bits per heavy atom. The summed E-state index contributed by atoms with van der Waals surface area (Å²) in [5.74, 6) is 1.74. The second-order valence-corrected chi connectivity index (χ2v) is 6.44. The summed E-state index contributed by atoms with van der Waals surface area (Å²) in [5, 5.41) is 0. The molecular formula is C17H21F3N6. The van der Waals surface area contributed by atoms with Crippen LogP contribution in [0.4, 0.5) is 24.8 Å². The van der Waals surface area contributed by atoms with Gasteiger partial charge < -0.3 is 9.80 Å². The highest BCUT2D eigenvalue weighted by Crippen LogP contribution is 2.27. The zero-order valence-electron chi connectivity index (χ0n) is 14.7. The summed E-state index contributed by atoms with van der Waals surface area (Å²) in [5.41, 5.74) is -0.0742. The molecule has 0 N–H and O–H groups in total. The average Bonchev–Trinajstić information content (AvgIpc) is 2.62. The molecule has 140 valence electrons. The van der Waals surface area contributed by atoms with Gasteiger partial charge >= 0.3 is 6.18 Å². The van der Waals surface area contributed by atoms with Crippen molar-refractivity contribution in [2.75, 3.05) is 50.1 Å². The Kier molecular flexibility index (Phi) is 5.26. The predicted octanol–water partition coefficient (Wildman–Crippen LogP) is 2.28. The highest BCUT2D eigenvalue weighted by molar-refractivity contribution is 5.49. The molecule has 0 spiro atoms. The van der Waals surface area contributed by atoms with Crippen molar-refractivity contribution in [2.24, 2.45) is 0 Å². The van der Waals surface area contributed by atoms with Crippen LogP contribution in [-0.4, -0.2) is 60.1 Å². The maximum absolute atomic E-state index is 12.6. The molecular weight excluding hydrogens is 345 g/mol. The molecule has 0 amide bonds. The van der Waals surface area contributed by atoms with Gasteiger partial charge in [-0.3, -0.25) is 9.88 Å². The van der Waals surface area contributed by atoms with Crippen LogP contribution in [0.15, 0.2) is 30.7 Å². The minimum absolute atomic E-state index is 0.589. The molecule has 0 aromatic carbocycles. The van der Waals surface area contributed by atoms with Crippen LogP contribution in [0.5, 0.6) is 0 Å². The normalized spacial score (nSPS) is 16.0. The Balaban J connectivity index is 1.56. The molecule has 2 aromatic heterocycles. The van der Waals surface area contributed by atoms with Crippen molar-refractivity contribution in [1.29, 1.82) is 0 Å². The molecule has 1 aliphatic rings. The average molecular weight is 366 g/mol. The lowest BCUT2D eigenvalue weighted by atomic mass is 10.2. The van der Waals surface area contributed by atoms with Crippen molar-refractivity contribution in [3.63, 3.8) is 0 Å². The van der Waals surface area contributed by atoms with E-state index in [0.717, 1.165) is 49.4 Å². The molecule has 6 nitrogen and oxygen atoms in total. The molecule has 3 heterocycles. The topological polar surface area (TPSA) is 48.4 Å². The van der Waals surface area contributed by atoms with Crippen molar-refractivity contribution < 1.29 is 13.2 Å². The second-order valence-electron chi connectivity index (χ2n) is 6.44. The van der Waals surface area contributed by atoms with E-state index >= 15 is 0 Å². The van der Waals surface area contributed by atoms with Crippen LogP contribution in [-0.2, 0) is 12.7 Å². The van der Waals surface area contributed by atoms with Gasteiger partial charge in [-0.1, -0.05) is 6.07 Å². The van der Waals surface area contributed by atoms with Gasteiger partial charge in [0.15, 0.2) is 0 Å². The highest BCUT2D eigenvalue weighted by atomic mass is 19.4. The second kappa shape index (κ2) is 7.45. The van der Waals surface area contributed by atoms with Crippen molar-refractivity contribution in [2.45, 2.75) is 12.7 Å². The minimum atomic E-state index is -4.40. The lowest BCUT2D eigenvalue weighted by molar-refractivity contribution is -0.141. The zero-order chi connectivity index (χ0) is 18.7. The molecule has 1 fully saturated rings. The molecule has 0 bridgehead atoms. The summed E-state index contributed by atoms with van der Waals surface area (Å²) in [6.45, 7) is 3.81. The standard InChI is InChI=1S/C17H21F3N6/c1-24(2)15-9-16(23-12-22-15)26-7-5-25(6-8-26)11-13-3-4-14(21-10-13)17(18,19)20/h3-4,9-10,12H,5-8,11H2,1-2H3. The molecule has 0 saturated carbocycles. The van der Waals surface area contributed by atoms with Crippen molar-refractivity contribution in [1.82, 2.24) is 19.9 Å². The maximum Gasteiger partial charge on any atom is 0.433 e. The van der Waals surface area contributed by atoms with Crippen molar-refractivity contribution in [3.8, 4) is 0 Å². The fourth-order valence-corrected chi connectivity index (χ4v) is 2.83. The summed E-state index contributed by atoms with van der Waals surface area (Å²) in [6, 6.07) is 4.49. The van der Waals surface area contributed by atoms with Gasteiger partial charge in [0, 0.05) is 59.1 Å². The van der Waals surface area contributed by atoms with E-state index in [9.17, 15) is 13.2 Å². The molecule has 0 radical (unpaired) electrons. The summed E-state index contributed by atoms with van der Waals surface area (Å²) in [4.78, 5) is 18.4. The Morgan fingerprint density at radius 2 is 1.77 bits per heavy atom. The Bertz CT molecular complexity index is 724. The van der Waals surface area contributed by atoms with E-state index in [-0.39, 0.29) is 0 Å². The number of rotatable bonds is 4. The molecule has 1 saturated heterocycles. The fourth-order valence-electron chi connectivity index (χ4n) is 2.83. The largest absolute Gasteiger partial charge is 0.433 e. The van der Waals surface area contributed by atoms with Gasteiger partial charge in [-0.25, -0.2) is 9.97 Å². The van der Waals surface area contributed by atoms with Gasteiger partial charge in [-0.05, 0) is 11.6 Å². The monoisotopic (exact) mass is 366 g/mol. The summed E-state index contributed by atoms with van der Waals surface area (Å²) < 4.78 is 37.7. The molecule has 2 aromatic rings. The summed E-state index contributed by atoms with van der Waals surface area (Å²) >= 11 is 0. The Labute approximate surface area is 150 Å². The van der Waals surface area contributed by atoms with Gasteiger partial charge in [0.25, 0.3) is 0 Å². The number of aromatic nitrogens is 3. The van der Waals surface area contributed by atoms with E-state index in [0.29, 0.717) is 6.54 Å². The Hall–Kier alpha value is -2.42. The fraction of sp³-hybridized carbons (Fsp3) is 0.471. The molecule has 0 atom stereocenters. The van der Waals surface area contributed by atoms with E-state index < -0.39 is 11.9 Å². The first kappa shape index (κ1) is 18.4. The molecule has 0 unspecified atom stereocenters. The maximum atomic E-state index is 12.6. The van der Waals surface area contributed by atoms with E-state index in [1.54, 1.807) is 6.33 Å². The lowest BCUT2D eigenvalue weighted by Gasteiger charge is -2.35. The van der Waals surface area contributed by atoms with Crippen LogP contribution in [0, 0.1) is 0 Å². The number of halogens is 3. The molecule has 0 aliphatic carbocycles. The van der Waals surface area contributed by atoms with Crippen LogP contribution >= 0.6 is 0 Å². The number of piperazine rings is 1. The van der Waals surface area contributed by atoms with E-state index in [1.807, 2.05) is 25.1 Å². The van der Waals surface area contributed by atoms with Gasteiger partial charge in [0.2, 0.25) is 0 Å². The smallest absolute Gasteiger partial charge is 0.363 e.